The largest absolute Gasteiger partial charge is 0.489 e. The molecule has 70 valence electrons. The van der Waals surface area contributed by atoms with Crippen LogP contribution in [0.4, 0.5) is 4.39 Å². The number of halogens is 1. The molecule has 0 aliphatic heterocycles. The molecule has 4 heteroatoms. The summed E-state index contributed by atoms with van der Waals surface area (Å²) in [6.45, 7) is 0.121. The molecular formula is C9H11FN2O. The standard InChI is InChI=1S/C9H11FN2O/c10-8-3-7(13-6-1-2-6)5-12-9(8)4-11/h3,5-6H,1-2,4,11H2. The average molecular weight is 182 g/mol. The lowest BCUT2D eigenvalue weighted by molar-refractivity contribution is 0.300. The second kappa shape index (κ2) is 3.30. The van der Waals surface area contributed by atoms with Crippen molar-refractivity contribution in [2.45, 2.75) is 25.5 Å². The molecule has 1 aliphatic carbocycles. The Kier molecular flexibility index (Phi) is 2.14. The predicted octanol–water partition coefficient (Wildman–Crippen LogP) is 1.22. The van der Waals surface area contributed by atoms with E-state index in [1.165, 1.54) is 12.3 Å². The Labute approximate surface area is 75.7 Å². The number of ether oxygens (including phenoxy) is 1. The van der Waals surface area contributed by atoms with Crippen molar-refractivity contribution in [2.75, 3.05) is 0 Å². The van der Waals surface area contributed by atoms with E-state index in [4.69, 9.17) is 10.5 Å². The van der Waals surface area contributed by atoms with E-state index < -0.39 is 0 Å². The fraction of sp³-hybridized carbons (Fsp3) is 0.444. The first kappa shape index (κ1) is 8.44. The van der Waals surface area contributed by atoms with Crippen LogP contribution in [0.25, 0.3) is 0 Å². The van der Waals surface area contributed by atoms with Crippen molar-refractivity contribution in [2.24, 2.45) is 5.73 Å². The van der Waals surface area contributed by atoms with Gasteiger partial charge in [0, 0.05) is 12.6 Å². The molecule has 1 aliphatic rings. The molecule has 13 heavy (non-hydrogen) atoms. The van der Waals surface area contributed by atoms with Crippen LogP contribution in [0.3, 0.4) is 0 Å². The highest BCUT2D eigenvalue weighted by Crippen LogP contribution is 2.26. The predicted molar refractivity (Wildman–Crippen MR) is 45.7 cm³/mol. The number of hydrogen-bond donors (Lipinski definition) is 1. The molecule has 1 aromatic rings. The van der Waals surface area contributed by atoms with Gasteiger partial charge in [-0.2, -0.15) is 0 Å². The van der Waals surface area contributed by atoms with Gasteiger partial charge in [-0.25, -0.2) is 4.39 Å². The highest BCUT2D eigenvalue weighted by atomic mass is 19.1. The normalized spacial score (nSPS) is 15.8. The van der Waals surface area contributed by atoms with E-state index in [0.29, 0.717) is 5.75 Å². The molecule has 3 nitrogen and oxygen atoms in total. The Balaban J connectivity index is 2.13. The summed E-state index contributed by atoms with van der Waals surface area (Å²) in [5.41, 5.74) is 5.55. The number of nitrogens with zero attached hydrogens (tertiary/aromatic N) is 1. The molecule has 2 rings (SSSR count). The van der Waals surface area contributed by atoms with Crippen LogP contribution in [0.5, 0.6) is 5.75 Å². The number of pyridine rings is 1. The van der Waals surface area contributed by atoms with Gasteiger partial charge >= 0.3 is 0 Å². The van der Waals surface area contributed by atoms with Crippen LogP contribution in [-0.4, -0.2) is 11.1 Å². The first-order chi connectivity index (χ1) is 6.29. The van der Waals surface area contributed by atoms with Crippen molar-refractivity contribution in [1.29, 1.82) is 0 Å². The van der Waals surface area contributed by atoms with Crippen molar-refractivity contribution in [3.05, 3.63) is 23.8 Å². The van der Waals surface area contributed by atoms with Gasteiger partial charge in [0.2, 0.25) is 0 Å². The number of aromatic nitrogens is 1. The van der Waals surface area contributed by atoms with E-state index in [-0.39, 0.29) is 24.2 Å². The van der Waals surface area contributed by atoms with Crippen molar-refractivity contribution in [3.63, 3.8) is 0 Å². The summed E-state index contributed by atoms with van der Waals surface area (Å²) in [5, 5.41) is 0. The van der Waals surface area contributed by atoms with E-state index in [2.05, 4.69) is 4.98 Å². The fourth-order valence-corrected chi connectivity index (χ4v) is 1.04. The lowest BCUT2D eigenvalue weighted by atomic mass is 10.3. The van der Waals surface area contributed by atoms with Crippen LogP contribution in [0.1, 0.15) is 18.5 Å². The summed E-state index contributed by atoms with van der Waals surface area (Å²) >= 11 is 0. The van der Waals surface area contributed by atoms with Gasteiger partial charge in [-0.15, -0.1) is 0 Å². The minimum absolute atomic E-state index is 0.121. The molecule has 0 spiro atoms. The van der Waals surface area contributed by atoms with Gasteiger partial charge < -0.3 is 10.5 Å². The highest BCUT2D eigenvalue weighted by molar-refractivity contribution is 5.22. The zero-order chi connectivity index (χ0) is 9.26. The van der Waals surface area contributed by atoms with Gasteiger partial charge in [-0.3, -0.25) is 4.98 Å². The van der Waals surface area contributed by atoms with Gasteiger partial charge in [0.05, 0.1) is 18.0 Å². The molecule has 0 atom stereocenters. The van der Waals surface area contributed by atoms with E-state index in [1.807, 2.05) is 0 Å². The Morgan fingerprint density at radius 2 is 2.38 bits per heavy atom. The Hall–Kier alpha value is -1.16. The molecule has 0 radical (unpaired) electrons. The van der Waals surface area contributed by atoms with Gasteiger partial charge in [0.1, 0.15) is 11.6 Å². The molecule has 1 heterocycles. The zero-order valence-electron chi connectivity index (χ0n) is 7.16. The van der Waals surface area contributed by atoms with E-state index >= 15 is 0 Å². The maximum absolute atomic E-state index is 13.1. The summed E-state index contributed by atoms with van der Waals surface area (Å²) in [6, 6.07) is 1.34. The number of nitrogens with two attached hydrogens (primary N) is 1. The van der Waals surface area contributed by atoms with E-state index in [0.717, 1.165) is 12.8 Å². The maximum Gasteiger partial charge on any atom is 0.149 e. The third-order valence-corrected chi connectivity index (χ3v) is 1.91. The van der Waals surface area contributed by atoms with E-state index in [1.54, 1.807) is 0 Å². The molecular weight excluding hydrogens is 171 g/mol. The van der Waals surface area contributed by atoms with E-state index in [9.17, 15) is 4.39 Å². The second-order valence-electron chi connectivity index (χ2n) is 3.12. The molecule has 0 bridgehead atoms. The first-order valence-corrected chi connectivity index (χ1v) is 4.30. The molecule has 1 aromatic heterocycles. The van der Waals surface area contributed by atoms with Gasteiger partial charge in [-0.1, -0.05) is 0 Å². The summed E-state index contributed by atoms with van der Waals surface area (Å²) in [7, 11) is 0. The zero-order valence-corrected chi connectivity index (χ0v) is 7.16. The van der Waals surface area contributed by atoms with Crippen molar-refractivity contribution >= 4 is 0 Å². The van der Waals surface area contributed by atoms with Crippen LogP contribution in [-0.2, 0) is 6.54 Å². The van der Waals surface area contributed by atoms with Crippen LogP contribution >= 0.6 is 0 Å². The smallest absolute Gasteiger partial charge is 0.149 e. The van der Waals surface area contributed by atoms with Gasteiger partial charge in [0.15, 0.2) is 0 Å². The van der Waals surface area contributed by atoms with Crippen LogP contribution in [0.2, 0.25) is 0 Å². The average Bonchev–Trinajstić information content (AvgIpc) is 2.89. The lowest BCUT2D eigenvalue weighted by Gasteiger charge is -2.04. The molecule has 0 saturated heterocycles. The minimum Gasteiger partial charge on any atom is -0.489 e. The Bertz CT molecular complexity index is 312. The highest BCUT2D eigenvalue weighted by Gasteiger charge is 2.23. The quantitative estimate of drug-likeness (QED) is 0.764. The minimum atomic E-state index is -0.388. The number of hydrogen-bond acceptors (Lipinski definition) is 3. The second-order valence-corrected chi connectivity index (χ2v) is 3.12. The van der Waals surface area contributed by atoms with Crippen LogP contribution in [0, 0.1) is 5.82 Å². The SMILES string of the molecule is NCc1ncc(OC2CC2)cc1F. The van der Waals surface area contributed by atoms with Crippen molar-refractivity contribution in [3.8, 4) is 5.75 Å². The maximum atomic E-state index is 13.1. The Morgan fingerprint density at radius 1 is 1.62 bits per heavy atom. The third-order valence-electron chi connectivity index (χ3n) is 1.91. The van der Waals surface area contributed by atoms with Crippen LogP contribution < -0.4 is 10.5 Å². The molecule has 2 N–H and O–H groups in total. The topological polar surface area (TPSA) is 48.1 Å². The Morgan fingerprint density at radius 3 is 2.92 bits per heavy atom. The lowest BCUT2D eigenvalue weighted by Crippen LogP contribution is -2.04. The fourth-order valence-electron chi connectivity index (χ4n) is 1.04. The summed E-state index contributed by atoms with van der Waals surface area (Å²) in [5.74, 6) is 0.109. The van der Waals surface area contributed by atoms with Crippen LogP contribution in [0.15, 0.2) is 12.3 Å². The summed E-state index contributed by atoms with van der Waals surface area (Å²) in [6.07, 6.45) is 3.90. The molecule has 1 saturated carbocycles. The first-order valence-electron chi connectivity index (χ1n) is 4.30. The van der Waals surface area contributed by atoms with Crippen molar-refractivity contribution < 1.29 is 9.13 Å². The van der Waals surface area contributed by atoms with Gasteiger partial charge in [-0.05, 0) is 12.8 Å². The molecule has 0 aromatic carbocycles. The molecule has 0 amide bonds. The van der Waals surface area contributed by atoms with Gasteiger partial charge in [0.25, 0.3) is 0 Å². The number of rotatable bonds is 3. The van der Waals surface area contributed by atoms with Crippen molar-refractivity contribution in [1.82, 2.24) is 4.98 Å². The molecule has 0 unspecified atom stereocenters. The monoisotopic (exact) mass is 182 g/mol. The third kappa shape index (κ3) is 1.95. The summed E-state index contributed by atoms with van der Waals surface area (Å²) < 4.78 is 18.5. The summed E-state index contributed by atoms with van der Waals surface area (Å²) in [4.78, 5) is 3.85. The molecule has 1 fully saturated rings.